The Labute approximate surface area is 117 Å². The van der Waals surface area contributed by atoms with Crippen molar-refractivity contribution in [2.45, 2.75) is 31.3 Å². The number of hydrogen-bond donors (Lipinski definition) is 3. The molecular weight excluding hydrogens is 256 g/mol. The van der Waals surface area contributed by atoms with Crippen molar-refractivity contribution in [1.29, 1.82) is 0 Å². The van der Waals surface area contributed by atoms with E-state index in [1.54, 1.807) is 0 Å². The highest BCUT2D eigenvalue weighted by atomic mass is 16.4. The van der Waals surface area contributed by atoms with Crippen LogP contribution in [0.3, 0.4) is 0 Å². The zero-order valence-electron chi connectivity index (χ0n) is 11.1. The lowest BCUT2D eigenvalue weighted by molar-refractivity contribution is -0.142. The molecule has 0 bridgehead atoms. The largest absolute Gasteiger partial charge is 0.480 e. The minimum atomic E-state index is -0.932. The van der Waals surface area contributed by atoms with Gasteiger partial charge in [0, 0.05) is 13.1 Å². The van der Waals surface area contributed by atoms with Crippen LogP contribution < -0.4 is 10.6 Å². The highest BCUT2D eigenvalue weighted by Crippen LogP contribution is 2.33. The summed E-state index contributed by atoms with van der Waals surface area (Å²) in [5.41, 5.74) is 2.11. The Kier molecular flexibility index (Phi) is 3.44. The van der Waals surface area contributed by atoms with E-state index >= 15 is 0 Å². The number of carboxylic acid groups (broad SMARTS) is 1. The number of nitrogens with one attached hydrogen (secondary N) is 2. The van der Waals surface area contributed by atoms with E-state index in [2.05, 4.69) is 10.6 Å². The van der Waals surface area contributed by atoms with Crippen molar-refractivity contribution in [1.82, 2.24) is 10.6 Å². The van der Waals surface area contributed by atoms with E-state index in [0.29, 0.717) is 6.54 Å². The predicted molar refractivity (Wildman–Crippen MR) is 73.2 cm³/mol. The summed E-state index contributed by atoms with van der Waals surface area (Å²) in [5, 5.41) is 15.1. The van der Waals surface area contributed by atoms with Crippen LogP contribution in [0.15, 0.2) is 24.3 Å². The Bertz CT molecular complexity index is 540. The van der Waals surface area contributed by atoms with Crippen molar-refractivity contribution >= 4 is 11.9 Å². The molecule has 2 aliphatic rings. The summed E-state index contributed by atoms with van der Waals surface area (Å²) in [4.78, 5) is 23.6. The number of carbonyl (C=O) groups is 2. The number of benzene rings is 1. The van der Waals surface area contributed by atoms with Crippen molar-refractivity contribution in [2.24, 2.45) is 5.92 Å². The third kappa shape index (κ3) is 2.54. The zero-order valence-corrected chi connectivity index (χ0v) is 11.1. The molecule has 3 N–H and O–H groups in total. The maximum absolute atomic E-state index is 12.4. The molecular formula is C15H18N2O3. The Morgan fingerprint density at radius 2 is 2.05 bits per heavy atom. The SMILES string of the molecule is O=C(NC(C(=O)O)C1CC1)C1CNCc2ccccc21. The Morgan fingerprint density at radius 3 is 2.75 bits per heavy atom. The summed E-state index contributed by atoms with van der Waals surface area (Å²) < 4.78 is 0. The second-order valence-corrected chi connectivity index (χ2v) is 5.54. The monoisotopic (exact) mass is 274 g/mol. The maximum Gasteiger partial charge on any atom is 0.326 e. The molecule has 0 radical (unpaired) electrons. The molecule has 2 unspecified atom stereocenters. The molecule has 1 aromatic carbocycles. The molecule has 1 fully saturated rings. The number of carboxylic acids is 1. The molecule has 3 rings (SSSR count). The van der Waals surface area contributed by atoms with E-state index in [1.807, 2.05) is 24.3 Å². The van der Waals surface area contributed by atoms with Gasteiger partial charge in [-0.1, -0.05) is 24.3 Å². The lowest BCUT2D eigenvalue weighted by atomic mass is 9.90. The van der Waals surface area contributed by atoms with Crippen molar-refractivity contribution in [2.75, 3.05) is 6.54 Å². The molecule has 1 saturated carbocycles. The number of amides is 1. The molecule has 1 aliphatic heterocycles. The van der Waals surface area contributed by atoms with Crippen molar-refractivity contribution < 1.29 is 14.7 Å². The van der Waals surface area contributed by atoms with Gasteiger partial charge >= 0.3 is 5.97 Å². The fraction of sp³-hybridized carbons (Fsp3) is 0.467. The second kappa shape index (κ2) is 5.25. The average Bonchev–Trinajstić information content (AvgIpc) is 3.28. The van der Waals surface area contributed by atoms with Crippen LogP contribution in [0.5, 0.6) is 0 Å². The Hall–Kier alpha value is -1.88. The van der Waals surface area contributed by atoms with E-state index in [0.717, 1.165) is 30.5 Å². The first kappa shape index (κ1) is 13.1. The van der Waals surface area contributed by atoms with Crippen LogP contribution in [-0.2, 0) is 16.1 Å². The normalized spacial score (nSPS) is 22.7. The maximum atomic E-state index is 12.4. The highest BCUT2D eigenvalue weighted by Gasteiger charge is 2.39. The van der Waals surface area contributed by atoms with Crippen LogP contribution in [-0.4, -0.2) is 29.6 Å². The number of rotatable bonds is 4. The molecule has 5 nitrogen and oxygen atoms in total. The lowest BCUT2D eigenvalue weighted by Crippen LogP contribution is -2.47. The molecule has 0 saturated heterocycles. The minimum absolute atomic E-state index is 0.100. The molecule has 0 aromatic heterocycles. The molecule has 1 amide bonds. The van der Waals surface area contributed by atoms with Gasteiger partial charge in [-0.3, -0.25) is 4.79 Å². The highest BCUT2D eigenvalue weighted by molar-refractivity contribution is 5.89. The summed E-state index contributed by atoms with van der Waals surface area (Å²) in [6.07, 6.45) is 1.77. The standard InChI is InChI=1S/C15H18N2O3/c18-14(17-13(15(19)20)9-5-6-9)12-8-16-7-10-3-1-2-4-11(10)12/h1-4,9,12-13,16H,5-8H2,(H,17,18)(H,19,20). The molecule has 20 heavy (non-hydrogen) atoms. The van der Waals surface area contributed by atoms with Crippen molar-refractivity contribution in [3.05, 3.63) is 35.4 Å². The summed E-state index contributed by atoms with van der Waals surface area (Å²) in [5.74, 6) is -1.33. The number of aliphatic carboxylic acids is 1. The van der Waals surface area contributed by atoms with E-state index in [-0.39, 0.29) is 17.7 Å². The molecule has 0 spiro atoms. The van der Waals surface area contributed by atoms with Crippen LogP contribution >= 0.6 is 0 Å². The summed E-state index contributed by atoms with van der Waals surface area (Å²) >= 11 is 0. The fourth-order valence-electron chi connectivity index (χ4n) is 2.79. The third-order valence-corrected chi connectivity index (χ3v) is 4.07. The molecule has 1 heterocycles. The van der Waals surface area contributed by atoms with Crippen molar-refractivity contribution in [3.8, 4) is 0 Å². The number of fused-ring (bicyclic) bond motifs is 1. The molecule has 106 valence electrons. The minimum Gasteiger partial charge on any atom is -0.480 e. The zero-order chi connectivity index (χ0) is 14.1. The summed E-state index contributed by atoms with van der Waals surface area (Å²) in [6, 6.07) is 7.08. The first-order valence-electron chi connectivity index (χ1n) is 6.98. The molecule has 5 heteroatoms. The van der Waals surface area contributed by atoms with Crippen molar-refractivity contribution in [3.63, 3.8) is 0 Å². The smallest absolute Gasteiger partial charge is 0.326 e. The average molecular weight is 274 g/mol. The number of hydrogen-bond acceptors (Lipinski definition) is 3. The van der Waals surface area contributed by atoms with Gasteiger partial charge in [-0.25, -0.2) is 4.79 Å². The van der Waals surface area contributed by atoms with Crippen LogP contribution in [0.1, 0.15) is 29.9 Å². The van der Waals surface area contributed by atoms with Crippen LogP contribution in [0.25, 0.3) is 0 Å². The van der Waals surface area contributed by atoms with Crippen LogP contribution in [0, 0.1) is 5.92 Å². The van der Waals surface area contributed by atoms with Crippen LogP contribution in [0.2, 0.25) is 0 Å². The third-order valence-electron chi connectivity index (χ3n) is 4.07. The molecule has 1 aromatic rings. The van der Waals surface area contributed by atoms with Gasteiger partial charge in [0.1, 0.15) is 6.04 Å². The van der Waals surface area contributed by atoms with E-state index in [4.69, 9.17) is 0 Å². The van der Waals surface area contributed by atoms with Gasteiger partial charge in [-0.05, 0) is 29.9 Å². The topological polar surface area (TPSA) is 78.4 Å². The number of carbonyl (C=O) groups excluding carboxylic acids is 1. The van der Waals surface area contributed by atoms with E-state index < -0.39 is 12.0 Å². The van der Waals surface area contributed by atoms with Crippen LogP contribution in [0.4, 0.5) is 0 Å². The predicted octanol–water partition coefficient (Wildman–Crippen LogP) is 0.853. The van der Waals surface area contributed by atoms with Gasteiger partial charge in [0.2, 0.25) is 5.91 Å². The first-order chi connectivity index (χ1) is 9.66. The van der Waals surface area contributed by atoms with Gasteiger partial charge < -0.3 is 15.7 Å². The van der Waals surface area contributed by atoms with Gasteiger partial charge in [0.05, 0.1) is 5.92 Å². The Balaban J connectivity index is 1.76. The van der Waals surface area contributed by atoms with Gasteiger partial charge in [0.15, 0.2) is 0 Å². The Morgan fingerprint density at radius 1 is 1.30 bits per heavy atom. The van der Waals surface area contributed by atoms with Gasteiger partial charge in [0.25, 0.3) is 0 Å². The quantitative estimate of drug-likeness (QED) is 0.760. The fourth-order valence-corrected chi connectivity index (χ4v) is 2.79. The first-order valence-corrected chi connectivity index (χ1v) is 6.98. The summed E-state index contributed by atoms with van der Waals surface area (Å²) in [7, 11) is 0. The molecule has 1 aliphatic carbocycles. The van der Waals surface area contributed by atoms with E-state index in [9.17, 15) is 14.7 Å². The summed E-state index contributed by atoms with van der Waals surface area (Å²) in [6.45, 7) is 1.31. The van der Waals surface area contributed by atoms with Gasteiger partial charge in [-0.15, -0.1) is 0 Å². The second-order valence-electron chi connectivity index (χ2n) is 5.54. The van der Waals surface area contributed by atoms with E-state index in [1.165, 1.54) is 0 Å². The lowest BCUT2D eigenvalue weighted by Gasteiger charge is -2.26. The van der Waals surface area contributed by atoms with Gasteiger partial charge in [-0.2, -0.15) is 0 Å². The molecule has 2 atom stereocenters.